The molecule has 0 aliphatic rings. The lowest BCUT2D eigenvalue weighted by atomic mass is 9.96. The predicted octanol–water partition coefficient (Wildman–Crippen LogP) is 2.12. The van der Waals surface area contributed by atoms with E-state index in [2.05, 4.69) is 15.9 Å². The number of phenols is 1. The predicted molar refractivity (Wildman–Crippen MR) is 65.9 cm³/mol. The summed E-state index contributed by atoms with van der Waals surface area (Å²) >= 11 is 3.49. The second kappa shape index (κ2) is 4.96. The molecule has 0 radical (unpaired) electrons. The minimum atomic E-state index is -0.202. The first-order valence-corrected chi connectivity index (χ1v) is 5.72. The molecule has 0 aliphatic carbocycles. The molecule has 0 saturated carbocycles. The number of aromatic hydroxyl groups is 1. The molecule has 0 bridgehead atoms. The van der Waals surface area contributed by atoms with Crippen LogP contribution in [0.25, 0.3) is 0 Å². The fraction of sp³-hybridized carbons (Fsp3) is 0.455. The van der Waals surface area contributed by atoms with Crippen molar-refractivity contribution < 1.29 is 5.11 Å². The minimum absolute atomic E-state index is 0.202. The number of hydrogen-bond acceptors (Lipinski definition) is 3. The molecule has 0 fully saturated rings. The summed E-state index contributed by atoms with van der Waals surface area (Å²) in [5, 5.41) is 9.85. The number of rotatable bonds is 3. The van der Waals surface area contributed by atoms with Gasteiger partial charge in [-0.2, -0.15) is 0 Å². The van der Waals surface area contributed by atoms with E-state index in [9.17, 15) is 5.11 Å². The Balaban J connectivity index is 3.23. The van der Waals surface area contributed by atoms with Gasteiger partial charge in [0.2, 0.25) is 0 Å². The van der Waals surface area contributed by atoms with Gasteiger partial charge in [-0.05, 0) is 44.0 Å². The summed E-state index contributed by atoms with van der Waals surface area (Å²) in [6, 6.07) is 1.52. The van der Waals surface area contributed by atoms with E-state index < -0.39 is 0 Å². The highest BCUT2D eigenvalue weighted by atomic mass is 79.9. The Kier molecular flexibility index (Phi) is 4.13. The molecule has 0 aromatic heterocycles. The molecule has 1 aromatic carbocycles. The Morgan fingerprint density at radius 3 is 2.60 bits per heavy atom. The van der Waals surface area contributed by atoms with Gasteiger partial charge >= 0.3 is 0 Å². The standard InChI is InChI=1S/C11H17BrN2O/c1-6-5-9(15)10(7(2)11(6)12)8(14)3-4-13/h5,8,15H,3-4,13-14H2,1-2H3/t8-/m1/s1. The molecule has 15 heavy (non-hydrogen) atoms. The zero-order valence-electron chi connectivity index (χ0n) is 9.05. The third-order valence-corrected chi connectivity index (χ3v) is 3.78. The summed E-state index contributed by atoms with van der Waals surface area (Å²) in [6.07, 6.45) is 0.671. The van der Waals surface area contributed by atoms with Crippen molar-refractivity contribution in [2.75, 3.05) is 6.54 Å². The number of phenolic OH excluding ortho intramolecular Hbond substituents is 1. The number of aryl methyl sites for hydroxylation is 1. The molecule has 0 aliphatic heterocycles. The lowest BCUT2D eigenvalue weighted by Crippen LogP contribution is -2.17. The van der Waals surface area contributed by atoms with Gasteiger partial charge < -0.3 is 16.6 Å². The first kappa shape index (κ1) is 12.5. The molecule has 0 unspecified atom stereocenters. The van der Waals surface area contributed by atoms with Gasteiger partial charge in [-0.1, -0.05) is 15.9 Å². The van der Waals surface area contributed by atoms with Gasteiger partial charge in [0.05, 0.1) is 0 Å². The highest BCUT2D eigenvalue weighted by Gasteiger charge is 2.16. The van der Waals surface area contributed by atoms with Gasteiger partial charge in [-0.15, -0.1) is 0 Å². The van der Waals surface area contributed by atoms with E-state index in [1.54, 1.807) is 6.07 Å². The number of hydrogen-bond donors (Lipinski definition) is 3. The maximum absolute atomic E-state index is 9.85. The van der Waals surface area contributed by atoms with Gasteiger partial charge in [0.25, 0.3) is 0 Å². The molecule has 3 nitrogen and oxygen atoms in total. The van der Waals surface area contributed by atoms with Crippen molar-refractivity contribution in [1.29, 1.82) is 0 Å². The Morgan fingerprint density at radius 1 is 1.47 bits per heavy atom. The number of halogens is 1. The first-order valence-electron chi connectivity index (χ1n) is 4.93. The second-order valence-corrected chi connectivity index (χ2v) is 4.54. The monoisotopic (exact) mass is 272 g/mol. The minimum Gasteiger partial charge on any atom is -0.508 e. The summed E-state index contributed by atoms with van der Waals surface area (Å²) in [7, 11) is 0. The number of nitrogens with two attached hydrogens (primary N) is 2. The van der Waals surface area contributed by atoms with Crippen molar-refractivity contribution in [2.45, 2.75) is 26.3 Å². The number of benzene rings is 1. The maximum atomic E-state index is 9.85. The molecule has 1 aromatic rings. The Labute approximate surface area is 98.6 Å². The largest absolute Gasteiger partial charge is 0.508 e. The van der Waals surface area contributed by atoms with E-state index in [0.29, 0.717) is 13.0 Å². The van der Waals surface area contributed by atoms with Crippen LogP contribution >= 0.6 is 15.9 Å². The van der Waals surface area contributed by atoms with E-state index >= 15 is 0 Å². The van der Waals surface area contributed by atoms with E-state index in [1.165, 1.54) is 0 Å². The maximum Gasteiger partial charge on any atom is 0.120 e. The SMILES string of the molecule is Cc1cc(O)c([C@H](N)CCN)c(C)c1Br. The molecular weight excluding hydrogens is 256 g/mol. The molecule has 0 heterocycles. The van der Waals surface area contributed by atoms with Crippen LogP contribution in [-0.4, -0.2) is 11.7 Å². The van der Waals surface area contributed by atoms with Crippen LogP contribution in [0.2, 0.25) is 0 Å². The van der Waals surface area contributed by atoms with Gasteiger partial charge in [0, 0.05) is 16.1 Å². The summed E-state index contributed by atoms with van der Waals surface area (Å²) in [5.41, 5.74) is 14.2. The van der Waals surface area contributed by atoms with Crippen LogP contribution in [0.5, 0.6) is 5.75 Å². The Bertz CT molecular complexity index is 366. The molecule has 1 atom stereocenters. The van der Waals surface area contributed by atoms with Gasteiger partial charge in [-0.25, -0.2) is 0 Å². The van der Waals surface area contributed by atoms with Crippen molar-refractivity contribution in [2.24, 2.45) is 11.5 Å². The summed E-state index contributed by atoms with van der Waals surface area (Å²) in [6.45, 7) is 4.41. The third-order valence-electron chi connectivity index (χ3n) is 2.56. The molecule has 84 valence electrons. The van der Waals surface area contributed by atoms with Crippen LogP contribution in [0.3, 0.4) is 0 Å². The lowest BCUT2D eigenvalue weighted by molar-refractivity contribution is 0.457. The quantitative estimate of drug-likeness (QED) is 0.789. The highest BCUT2D eigenvalue weighted by Crippen LogP contribution is 2.35. The normalized spacial score (nSPS) is 12.9. The molecule has 1 rings (SSSR count). The van der Waals surface area contributed by atoms with E-state index in [4.69, 9.17) is 11.5 Å². The van der Waals surface area contributed by atoms with Crippen LogP contribution in [0.15, 0.2) is 10.5 Å². The second-order valence-electron chi connectivity index (χ2n) is 3.75. The summed E-state index contributed by atoms with van der Waals surface area (Å²) < 4.78 is 1.00. The van der Waals surface area contributed by atoms with Crippen LogP contribution in [0, 0.1) is 13.8 Å². The Hall–Kier alpha value is -0.580. The molecule has 0 spiro atoms. The van der Waals surface area contributed by atoms with Crippen molar-refractivity contribution in [3.05, 3.63) is 27.2 Å². The zero-order chi connectivity index (χ0) is 11.6. The third kappa shape index (κ3) is 2.51. The highest BCUT2D eigenvalue weighted by molar-refractivity contribution is 9.10. The van der Waals surface area contributed by atoms with Crippen molar-refractivity contribution in [1.82, 2.24) is 0 Å². The molecule has 5 N–H and O–H groups in total. The zero-order valence-corrected chi connectivity index (χ0v) is 10.6. The van der Waals surface area contributed by atoms with Gasteiger partial charge in [-0.3, -0.25) is 0 Å². The van der Waals surface area contributed by atoms with E-state index in [-0.39, 0.29) is 11.8 Å². The van der Waals surface area contributed by atoms with Crippen LogP contribution in [0.4, 0.5) is 0 Å². The van der Waals surface area contributed by atoms with Gasteiger partial charge in [0.1, 0.15) is 5.75 Å². The van der Waals surface area contributed by atoms with Crippen molar-refractivity contribution in [3.63, 3.8) is 0 Å². The van der Waals surface area contributed by atoms with Crippen molar-refractivity contribution in [3.8, 4) is 5.75 Å². The Morgan fingerprint density at radius 2 is 2.07 bits per heavy atom. The molecule has 4 heteroatoms. The molecular formula is C11H17BrN2O. The lowest BCUT2D eigenvalue weighted by Gasteiger charge is -2.18. The molecule has 0 amide bonds. The van der Waals surface area contributed by atoms with E-state index in [1.807, 2.05) is 13.8 Å². The average Bonchev–Trinajstić information content (AvgIpc) is 2.15. The van der Waals surface area contributed by atoms with E-state index in [0.717, 1.165) is 21.2 Å². The fourth-order valence-corrected chi connectivity index (χ4v) is 2.07. The fourth-order valence-electron chi connectivity index (χ4n) is 1.74. The summed E-state index contributed by atoms with van der Waals surface area (Å²) in [4.78, 5) is 0. The smallest absolute Gasteiger partial charge is 0.120 e. The van der Waals surface area contributed by atoms with Gasteiger partial charge in [0.15, 0.2) is 0 Å². The van der Waals surface area contributed by atoms with Crippen LogP contribution < -0.4 is 11.5 Å². The summed E-state index contributed by atoms with van der Waals surface area (Å²) in [5.74, 6) is 0.258. The topological polar surface area (TPSA) is 72.3 Å². The molecule has 0 saturated heterocycles. The van der Waals surface area contributed by atoms with Crippen LogP contribution in [0.1, 0.15) is 29.2 Å². The van der Waals surface area contributed by atoms with Crippen LogP contribution in [-0.2, 0) is 0 Å². The van der Waals surface area contributed by atoms with Crippen molar-refractivity contribution >= 4 is 15.9 Å². The first-order chi connectivity index (χ1) is 6.99. The average molecular weight is 273 g/mol.